The Kier molecular flexibility index (Phi) is 4.34. The fourth-order valence-electron chi connectivity index (χ4n) is 3.57. The van der Waals surface area contributed by atoms with Gasteiger partial charge in [-0.15, -0.1) is 0 Å². The van der Waals surface area contributed by atoms with Crippen molar-refractivity contribution < 1.29 is 14.3 Å². The fourth-order valence-corrected chi connectivity index (χ4v) is 3.57. The van der Waals surface area contributed by atoms with Gasteiger partial charge < -0.3 is 15.0 Å². The van der Waals surface area contributed by atoms with Gasteiger partial charge in [-0.2, -0.15) is 5.10 Å². The van der Waals surface area contributed by atoms with Crippen LogP contribution in [-0.2, 0) is 16.1 Å². The molecule has 26 heavy (non-hydrogen) atoms. The molecule has 1 atom stereocenters. The third kappa shape index (κ3) is 3.03. The predicted octanol–water partition coefficient (Wildman–Crippen LogP) is 0.228. The molecule has 0 bridgehead atoms. The first-order chi connectivity index (χ1) is 12.7. The molecular formula is C18H21N5O3. The number of aromatic nitrogens is 2. The first kappa shape index (κ1) is 16.6. The molecule has 136 valence electrons. The highest BCUT2D eigenvalue weighted by molar-refractivity contribution is 5.95. The van der Waals surface area contributed by atoms with E-state index in [-0.39, 0.29) is 18.4 Å². The monoisotopic (exact) mass is 355 g/mol. The Morgan fingerprint density at radius 2 is 2.04 bits per heavy atom. The summed E-state index contributed by atoms with van der Waals surface area (Å²) in [6, 6.07) is 7.40. The topological polar surface area (TPSA) is 90.6 Å². The van der Waals surface area contributed by atoms with Gasteiger partial charge in [-0.3, -0.25) is 19.6 Å². The summed E-state index contributed by atoms with van der Waals surface area (Å²) in [4.78, 5) is 27.9. The lowest BCUT2D eigenvalue weighted by molar-refractivity contribution is -0.149. The van der Waals surface area contributed by atoms with Crippen molar-refractivity contribution in [2.75, 3.05) is 33.3 Å². The van der Waals surface area contributed by atoms with Crippen LogP contribution in [0.15, 0.2) is 30.5 Å². The summed E-state index contributed by atoms with van der Waals surface area (Å²) in [6.07, 6.45) is 1.82. The van der Waals surface area contributed by atoms with E-state index in [0.29, 0.717) is 19.6 Å². The highest BCUT2D eigenvalue weighted by atomic mass is 16.5. The maximum atomic E-state index is 12.1. The Morgan fingerprint density at radius 1 is 1.23 bits per heavy atom. The van der Waals surface area contributed by atoms with E-state index >= 15 is 0 Å². The maximum Gasteiger partial charge on any atom is 0.244 e. The fraction of sp³-hybridized carbons (Fsp3) is 0.389. The number of amides is 2. The van der Waals surface area contributed by atoms with Crippen molar-refractivity contribution in [2.45, 2.75) is 12.6 Å². The van der Waals surface area contributed by atoms with E-state index in [2.05, 4.69) is 20.4 Å². The van der Waals surface area contributed by atoms with Gasteiger partial charge in [0.15, 0.2) is 0 Å². The Hall–Kier alpha value is -2.87. The van der Waals surface area contributed by atoms with E-state index in [9.17, 15) is 9.59 Å². The Bertz CT molecular complexity index is 816. The smallest absolute Gasteiger partial charge is 0.244 e. The highest BCUT2D eigenvalue weighted by Gasteiger charge is 2.38. The number of hydrogen-bond acceptors (Lipinski definition) is 5. The van der Waals surface area contributed by atoms with Gasteiger partial charge in [-0.05, 0) is 24.3 Å². The average Bonchev–Trinajstić information content (AvgIpc) is 3.13. The summed E-state index contributed by atoms with van der Waals surface area (Å²) in [7, 11) is 1.64. The number of aromatic amines is 1. The Labute approximate surface area is 151 Å². The molecule has 0 spiro atoms. The quantitative estimate of drug-likeness (QED) is 0.819. The van der Waals surface area contributed by atoms with Crippen molar-refractivity contribution in [2.24, 2.45) is 0 Å². The first-order valence-electron chi connectivity index (χ1n) is 8.62. The maximum absolute atomic E-state index is 12.1. The minimum atomic E-state index is -0.402. The number of carbonyl (C=O) groups excluding carboxylic acids is 2. The van der Waals surface area contributed by atoms with Gasteiger partial charge >= 0.3 is 0 Å². The zero-order chi connectivity index (χ0) is 18.1. The lowest BCUT2D eigenvalue weighted by atomic mass is 10.1. The van der Waals surface area contributed by atoms with Crippen LogP contribution >= 0.6 is 0 Å². The van der Waals surface area contributed by atoms with Crippen LogP contribution in [0.1, 0.15) is 5.56 Å². The first-order valence-corrected chi connectivity index (χ1v) is 8.62. The molecule has 2 fully saturated rings. The number of benzene rings is 1. The second-order valence-corrected chi connectivity index (χ2v) is 6.55. The van der Waals surface area contributed by atoms with Crippen LogP contribution in [0.4, 0.5) is 0 Å². The molecule has 2 amide bonds. The number of hydrogen-bond donors (Lipinski definition) is 2. The van der Waals surface area contributed by atoms with Crippen molar-refractivity contribution >= 4 is 11.8 Å². The molecule has 2 N–H and O–H groups in total. The van der Waals surface area contributed by atoms with Crippen molar-refractivity contribution in [3.8, 4) is 17.0 Å². The number of nitrogens with zero attached hydrogens (tertiary/aromatic N) is 3. The third-order valence-electron chi connectivity index (χ3n) is 4.99. The standard InChI is InChI=1S/C18H21N5O3/c1-26-14-4-2-12(3-5-14)17-13(8-20-21-17)10-22-6-7-23-15(11-22)18(25)19-9-16(23)24/h2-5,8,15H,6-7,9-11H2,1H3,(H,19,25)(H,20,21)/t15-/m1/s1. The molecule has 2 aliphatic heterocycles. The molecule has 2 aliphatic rings. The van der Waals surface area contributed by atoms with E-state index < -0.39 is 6.04 Å². The van der Waals surface area contributed by atoms with E-state index in [1.807, 2.05) is 30.5 Å². The summed E-state index contributed by atoms with van der Waals surface area (Å²) in [6.45, 7) is 2.63. The number of H-pyrrole nitrogens is 1. The van der Waals surface area contributed by atoms with Gasteiger partial charge in [0.05, 0.1) is 25.5 Å². The van der Waals surface area contributed by atoms with E-state index in [0.717, 1.165) is 29.1 Å². The number of carbonyl (C=O) groups is 2. The van der Waals surface area contributed by atoms with Crippen LogP contribution in [0.5, 0.6) is 5.75 Å². The molecule has 2 saturated heterocycles. The molecule has 0 radical (unpaired) electrons. The lowest BCUT2D eigenvalue weighted by Gasteiger charge is -2.42. The number of ether oxygens (including phenoxy) is 1. The van der Waals surface area contributed by atoms with Crippen LogP contribution in [0.2, 0.25) is 0 Å². The molecule has 1 aromatic heterocycles. The lowest BCUT2D eigenvalue weighted by Crippen LogP contribution is -2.65. The van der Waals surface area contributed by atoms with Crippen molar-refractivity contribution in [3.63, 3.8) is 0 Å². The molecule has 8 heteroatoms. The number of fused-ring (bicyclic) bond motifs is 1. The van der Waals surface area contributed by atoms with Gasteiger partial charge in [0.2, 0.25) is 11.8 Å². The summed E-state index contributed by atoms with van der Waals surface area (Å²) in [5.41, 5.74) is 3.05. The zero-order valence-electron chi connectivity index (χ0n) is 14.6. The second kappa shape index (κ2) is 6.80. The minimum absolute atomic E-state index is 0.00326. The van der Waals surface area contributed by atoms with Crippen molar-refractivity contribution in [1.29, 1.82) is 0 Å². The van der Waals surface area contributed by atoms with Gasteiger partial charge in [0.1, 0.15) is 11.8 Å². The zero-order valence-corrected chi connectivity index (χ0v) is 14.6. The summed E-state index contributed by atoms with van der Waals surface area (Å²) >= 11 is 0. The number of rotatable bonds is 4. The number of methoxy groups -OCH3 is 1. The van der Waals surface area contributed by atoms with Gasteiger partial charge in [0.25, 0.3) is 0 Å². The van der Waals surface area contributed by atoms with Crippen LogP contribution in [0.25, 0.3) is 11.3 Å². The summed E-state index contributed by atoms with van der Waals surface area (Å²) in [5, 5.41) is 9.92. The van der Waals surface area contributed by atoms with Gasteiger partial charge in [-0.1, -0.05) is 0 Å². The molecule has 2 aromatic rings. The highest BCUT2D eigenvalue weighted by Crippen LogP contribution is 2.25. The largest absolute Gasteiger partial charge is 0.497 e. The predicted molar refractivity (Wildman–Crippen MR) is 94.4 cm³/mol. The van der Waals surface area contributed by atoms with Crippen LogP contribution < -0.4 is 10.1 Å². The SMILES string of the molecule is COc1ccc(-c2[nH]ncc2CN2CCN3C(=O)CNC(=O)[C@H]3C2)cc1. The van der Waals surface area contributed by atoms with Crippen LogP contribution in [-0.4, -0.2) is 71.1 Å². The molecular weight excluding hydrogens is 334 g/mol. The van der Waals surface area contributed by atoms with Crippen molar-refractivity contribution in [3.05, 3.63) is 36.0 Å². The van der Waals surface area contributed by atoms with E-state index in [1.54, 1.807) is 12.0 Å². The second-order valence-electron chi connectivity index (χ2n) is 6.55. The molecule has 0 unspecified atom stereocenters. The number of piperazine rings is 2. The van der Waals surface area contributed by atoms with Crippen LogP contribution in [0.3, 0.4) is 0 Å². The molecule has 3 heterocycles. The van der Waals surface area contributed by atoms with Gasteiger partial charge in [-0.25, -0.2) is 0 Å². The molecule has 0 saturated carbocycles. The normalized spacial score (nSPS) is 20.7. The molecule has 0 aliphatic carbocycles. The summed E-state index contributed by atoms with van der Waals surface area (Å²) in [5.74, 6) is 0.729. The van der Waals surface area contributed by atoms with Crippen molar-refractivity contribution in [1.82, 2.24) is 25.3 Å². The molecule has 1 aromatic carbocycles. The Balaban J connectivity index is 1.49. The molecule has 8 nitrogen and oxygen atoms in total. The van der Waals surface area contributed by atoms with Gasteiger partial charge in [0, 0.05) is 37.3 Å². The third-order valence-corrected chi connectivity index (χ3v) is 4.99. The number of nitrogens with one attached hydrogen (secondary N) is 2. The molecule has 4 rings (SSSR count). The van der Waals surface area contributed by atoms with E-state index in [4.69, 9.17) is 4.74 Å². The minimum Gasteiger partial charge on any atom is -0.497 e. The van der Waals surface area contributed by atoms with Crippen LogP contribution in [0, 0.1) is 0 Å². The Morgan fingerprint density at radius 3 is 2.81 bits per heavy atom. The van der Waals surface area contributed by atoms with E-state index in [1.165, 1.54) is 0 Å². The average molecular weight is 355 g/mol. The summed E-state index contributed by atoms with van der Waals surface area (Å²) < 4.78 is 5.20.